The predicted octanol–water partition coefficient (Wildman–Crippen LogP) is 3.97. The molecule has 0 saturated carbocycles. The number of ether oxygens (including phenoxy) is 1. The molecule has 0 bridgehead atoms. The van der Waals surface area contributed by atoms with Crippen molar-refractivity contribution >= 4 is 17.4 Å². The number of anilines is 1. The summed E-state index contributed by atoms with van der Waals surface area (Å²) in [6, 6.07) is 8.03. The van der Waals surface area contributed by atoms with Gasteiger partial charge in [0.1, 0.15) is 0 Å². The quantitative estimate of drug-likeness (QED) is 0.861. The molecule has 116 valence electrons. The molecule has 6 heteroatoms. The second-order valence-corrected chi connectivity index (χ2v) is 6.52. The first-order chi connectivity index (χ1) is 10.6. The Morgan fingerprint density at radius 1 is 1.23 bits per heavy atom. The highest BCUT2D eigenvalue weighted by atomic mass is 32.2. The minimum Gasteiger partial charge on any atom is -0.450 e. The van der Waals surface area contributed by atoms with E-state index in [1.807, 2.05) is 31.2 Å². The fraction of sp³-hybridized carbons (Fsp3) is 0.438. The Balaban J connectivity index is 2.09. The van der Waals surface area contributed by atoms with Crippen molar-refractivity contribution in [3.05, 3.63) is 24.3 Å². The Labute approximate surface area is 134 Å². The van der Waals surface area contributed by atoms with Gasteiger partial charge in [0.2, 0.25) is 11.0 Å². The number of fused-ring (bicyclic) bond motifs is 3. The Morgan fingerprint density at radius 2 is 2.05 bits per heavy atom. The van der Waals surface area contributed by atoms with E-state index in [9.17, 15) is 0 Å². The average molecular weight is 316 g/mol. The Morgan fingerprint density at radius 3 is 2.82 bits per heavy atom. The molecule has 2 aromatic rings. The molecule has 1 aromatic carbocycles. The Hall–Kier alpha value is -1.82. The predicted molar refractivity (Wildman–Crippen MR) is 89.2 cm³/mol. The third-order valence-electron chi connectivity index (χ3n) is 3.65. The van der Waals surface area contributed by atoms with Crippen LogP contribution in [0.15, 0.2) is 29.4 Å². The van der Waals surface area contributed by atoms with E-state index in [0.717, 1.165) is 29.8 Å². The van der Waals surface area contributed by atoms with Crippen LogP contribution in [-0.2, 0) is 0 Å². The number of thioether (sulfide) groups is 1. The third kappa shape index (κ3) is 2.88. The minimum absolute atomic E-state index is 0.510. The molecule has 3 rings (SSSR count). The van der Waals surface area contributed by atoms with Crippen molar-refractivity contribution in [2.24, 2.45) is 0 Å². The van der Waals surface area contributed by atoms with Crippen LogP contribution < -0.4 is 10.1 Å². The van der Waals surface area contributed by atoms with Crippen LogP contribution in [0.2, 0.25) is 0 Å². The van der Waals surface area contributed by atoms with Gasteiger partial charge in [0.15, 0.2) is 11.4 Å². The first-order valence-corrected chi connectivity index (χ1v) is 8.58. The summed E-state index contributed by atoms with van der Waals surface area (Å²) in [5.41, 5.74) is 2.16. The number of aromatic nitrogens is 3. The molecule has 0 unspecified atom stereocenters. The number of nitrogens with one attached hydrogen (secondary N) is 1. The van der Waals surface area contributed by atoms with Crippen molar-refractivity contribution in [1.29, 1.82) is 0 Å². The summed E-state index contributed by atoms with van der Waals surface area (Å²) in [6.07, 6.45) is 1.88. The van der Waals surface area contributed by atoms with Crippen molar-refractivity contribution in [2.75, 3.05) is 11.1 Å². The highest BCUT2D eigenvalue weighted by molar-refractivity contribution is 7.99. The van der Waals surface area contributed by atoms with Crippen molar-refractivity contribution in [2.45, 2.75) is 44.5 Å². The van der Waals surface area contributed by atoms with Crippen LogP contribution in [0.3, 0.4) is 0 Å². The van der Waals surface area contributed by atoms with Crippen molar-refractivity contribution in [1.82, 2.24) is 15.2 Å². The second-order valence-electron chi connectivity index (χ2n) is 5.45. The summed E-state index contributed by atoms with van der Waals surface area (Å²) in [4.78, 5) is 4.58. The molecule has 0 spiro atoms. The van der Waals surface area contributed by atoms with E-state index in [4.69, 9.17) is 4.74 Å². The molecule has 22 heavy (non-hydrogen) atoms. The zero-order valence-electron chi connectivity index (χ0n) is 13.1. The highest BCUT2D eigenvalue weighted by Crippen LogP contribution is 2.39. The number of hydrogen-bond acceptors (Lipinski definition) is 6. The topological polar surface area (TPSA) is 59.9 Å². The first-order valence-electron chi connectivity index (χ1n) is 7.59. The molecule has 0 saturated heterocycles. The van der Waals surface area contributed by atoms with Gasteiger partial charge in [-0.15, -0.1) is 10.2 Å². The van der Waals surface area contributed by atoms with Crippen LogP contribution in [0.5, 0.6) is 5.88 Å². The maximum Gasteiger partial charge on any atom is 0.247 e. The Bertz CT molecular complexity index is 679. The monoisotopic (exact) mass is 316 g/mol. The molecule has 1 aromatic heterocycles. The van der Waals surface area contributed by atoms with Crippen molar-refractivity contribution < 1.29 is 4.74 Å². The molecule has 0 fully saturated rings. The number of nitrogens with zero attached hydrogens (tertiary/aromatic N) is 3. The largest absolute Gasteiger partial charge is 0.450 e. The van der Waals surface area contributed by atoms with E-state index in [0.29, 0.717) is 16.7 Å². The van der Waals surface area contributed by atoms with Gasteiger partial charge in [-0.25, -0.2) is 0 Å². The van der Waals surface area contributed by atoms with Gasteiger partial charge in [-0.05, 0) is 19.4 Å². The van der Waals surface area contributed by atoms with Gasteiger partial charge in [0, 0.05) is 23.4 Å². The van der Waals surface area contributed by atoms with Crippen molar-refractivity contribution in [3.63, 3.8) is 0 Å². The molecule has 1 atom stereocenters. The maximum absolute atomic E-state index is 6.16. The van der Waals surface area contributed by atoms with Gasteiger partial charge in [0.05, 0.1) is 0 Å². The standard InChI is InChI=1S/C16H20N4OS/c1-4-10-22-15-17-14-13(19-20-15)11-8-6-7-9-12(11)18-16(3,5-2)21-14/h6-9,18H,4-5,10H2,1-3H3/t16-/m0/s1. The number of benzene rings is 1. The summed E-state index contributed by atoms with van der Waals surface area (Å²) in [7, 11) is 0. The summed E-state index contributed by atoms with van der Waals surface area (Å²) in [5.74, 6) is 1.52. The fourth-order valence-electron chi connectivity index (χ4n) is 2.28. The lowest BCUT2D eigenvalue weighted by Gasteiger charge is -2.29. The lowest BCUT2D eigenvalue weighted by molar-refractivity contribution is 0.109. The molecule has 1 aliphatic heterocycles. The van der Waals surface area contributed by atoms with Crippen LogP contribution in [0.25, 0.3) is 11.3 Å². The highest BCUT2D eigenvalue weighted by Gasteiger charge is 2.32. The third-order valence-corrected chi connectivity index (χ3v) is 4.69. The average Bonchev–Trinajstić information content (AvgIpc) is 2.66. The molecule has 1 N–H and O–H groups in total. The fourth-order valence-corrected chi connectivity index (χ4v) is 2.91. The van der Waals surface area contributed by atoms with Gasteiger partial charge in [-0.3, -0.25) is 0 Å². The summed E-state index contributed by atoms with van der Waals surface area (Å²) in [5, 5.41) is 12.7. The Kier molecular flexibility index (Phi) is 4.20. The maximum atomic E-state index is 6.16. The molecular formula is C16H20N4OS. The zero-order valence-corrected chi connectivity index (χ0v) is 13.9. The summed E-state index contributed by atoms with van der Waals surface area (Å²) >= 11 is 1.60. The van der Waals surface area contributed by atoms with E-state index in [1.165, 1.54) is 0 Å². The van der Waals surface area contributed by atoms with E-state index in [1.54, 1.807) is 11.8 Å². The molecule has 1 aliphatic rings. The van der Waals surface area contributed by atoms with Crippen LogP contribution in [-0.4, -0.2) is 26.7 Å². The minimum atomic E-state index is -0.510. The van der Waals surface area contributed by atoms with Gasteiger partial charge in [-0.2, -0.15) is 4.98 Å². The molecule has 0 amide bonds. The number of para-hydroxylation sites is 1. The number of hydrogen-bond donors (Lipinski definition) is 1. The van der Waals surface area contributed by atoms with Gasteiger partial charge < -0.3 is 10.1 Å². The lowest BCUT2D eigenvalue weighted by atomic mass is 10.1. The molecule has 2 heterocycles. The van der Waals surface area contributed by atoms with E-state index in [2.05, 4.69) is 34.3 Å². The van der Waals surface area contributed by atoms with Crippen molar-refractivity contribution in [3.8, 4) is 17.1 Å². The second kappa shape index (κ2) is 6.12. The molecule has 5 nitrogen and oxygen atoms in total. The van der Waals surface area contributed by atoms with Gasteiger partial charge >= 0.3 is 0 Å². The number of rotatable bonds is 4. The lowest BCUT2D eigenvalue weighted by Crippen LogP contribution is -2.40. The van der Waals surface area contributed by atoms with Gasteiger partial charge in [0.25, 0.3) is 0 Å². The summed E-state index contributed by atoms with van der Waals surface area (Å²) in [6.45, 7) is 6.25. The zero-order chi connectivity index (χ0) is 15.6. The first kappa shape index (κ1) is 15.1. The van der Waals surface area contributed by atoms with E-state index >= 15 is 0 Å². The molecular weight excluding hydrogens is 296 g/mol. The van der Waals surface area contributed by atoms with Crippen LogP contribution in [0.4, 0.5) is 5.69 Å². The smallest absolute Gasteiger partial charge is 0.247 e. The van der Waals surface area contributed by atoms with E-state index < -0.39 is 5.72 Å². The molecule has 0 aliphatic carbocycles. The SMILES string of the molecule is CCCSc1nnc2c(n1)O[C@@](C)(CC)Nc1ccccc1-2. The van der Waals surface area contributed by atoms with E-state index in [-0.39, 0.29) is 0 Å². The van der Waals surface area contributed by atoms with Crippen LogP contribution in [0, 0.1) is 0 Å². The van der Waals surface area contributed by atoms with Crippen LogP contribution in [0.1, 0.15) is 33.6 Å². The molecule has 0 radical (unpaired) electrons. The normalized spacial score (nSPS) is 19.4. The van der Waals surface area contributed by atoms with Gasteiger partial charge in [-0.1, -0.05) is 43.8 Å². The summed E-state index contributed by atoms with van der Waals surface area (Å²) < 4.78 is 6.16. The van der Waals surface area contributed by atoms with Crippen LogP contribution >= 0.6 is 11.8 Å².